The predicted octanol–water partition coefficient (Wildman–Crippen LogP) is 2.67. The summed E-state index contributed by atoms with van der Waals surface area (Å²) in [5, 5.41) is 4.30. The number of fused-ring (bicyclic) bond motifs is 1. The molecule has 1 aliphatic heterocycles. The molecule has 118 valence electrons. The van der Waals surface area contributed by atoms with Gasteiger partial charge in [-0.3, -0.25) is 0 Å². The summed E-state index contributed by atoms with van der Waals surface area (Å²) in [5.74, 6) is 1.03. The van der Waals surface area contributed by atoms with Gasteiger partial charge < -0.3 is 9.80 Å². The number of hydrogen-bond donors (Lipinski definition) is 0. The van der Waals surface area contributed by atoms with Crippen molar-refractivity contribution in [2.75, 3.05) is 36.0 Å². The van der Waals surface area contributed by atoms with Crippen LogP contribution in [0.3, 0.4) is 0 Å². The average Bonchev–Trinajstić information content (AvgIpc) is 3.06. The summed E-state index contributed by atoms with van der Waals surface area (Å²) in [6, 6.07) is 8.59. The molecule has 5 heteroatoms. The SMILES string of the molecule is Cc1cccc(N2CCN(c3nccn4nccc34)CC2)c1C. The molecule has 0 radical (unpaired) electrons. The molecule has 4 rings (SSSR count). The average molecular weight is 307 g/mol. The van der Waals surface area contributed by atoms with Gasteiger partial charge in [0.05, 0.1) is 6.20 Å². The first-order chi connectivity index (χ1) is 11.2. The lowest BCUT2D eigenvalue weighted by atomic mass is 10.1. The largest absolute Gasteiger partial charge is 0.368 e. The van der Waals surface area contributed by atoms with Gasteiger partial charge in [-0.15, -0.1) is 0 Å². The van der Waals surface area contributed by atoms with E-state index in [0.717, 1.165) is 37.5 Å². The lowest BCUT2D eigenvalue weighted by Gasteiger charge is -2.37. The molecule has 1 fully saturated rings. The van der Waals surface area contributed by atoms with E-state index in [4.69, 9.17) is 0 Å². The summed E-state index contributed by atoms with van der Waals surface area (Å²) < 4.78 is 1.89. The Morgan fingerprint density at radius 1 is 0.913 bits per heavy atom. The van der Waals surface area contributed by atoms with E-state index >= 15 is 0 Å². The number of aryl methyl sites for hydroxylation is 1. The van der Waals surface area contributed by atoms with Crippen molar-refractivity contribution < 1.29 is 0 Å². The highest BCUT2D eigenvalue weighted by molar-refractivity contribution is 5.69. The summed E-state index contributed by atoms with van der Waals surface area (Å²) in [6.45, 7) is 8.38. The first-order valence-corrected chi connectivity index (χ1v) is 8.08. The predicted molar refractivity (Wildman–Crippen MR) is 93.3 cm³/mol. The molecule has 3 heterocycles. The van der Waals surface area contributed by atoms with Gasteiger partial charge in [0.1, 0.15) is 5.52 Å². The van der Waals surface area contributed by atoms with E-state index in [-0.39, 0.29) is 0 Å². The lowest BCUT2D eigenvalue weighted by molar-refractivity contribution is 0.646. The molecule has 5 nitrogen and oxygen atoms in total. The molecule has 0 bridgehead atoms. The first kappa shape index (κ1) is 14.1. The minimum atomic E-state index is 0.977. The van der Waals surface area contributed by atoms with Crippen LogP contribution in [-0.2, 0) is 0 Å². The molecule has 3 aromatic rings. The van der Waals surface area contributed by atoms with Crippen molar-refractivity contribution in [3.8, 4) is 0 Å². The van der Waals surface area contributed by atoms with Crippen LogP contribution >= 0.6 is 0 Å². The Bertz CT molecular complexity index is 830. The number of benzene rings is 1. The summed E-state index contributed by atoms with van der Waals surface area (Å²) >= 11 is 0. The number of rotatable bonds is 2. The third kappa shape index (κ3) is 2.42. The molecule has 1 aliphatic rings. The van der Waals surface area contributed by atoms with Crippen LogP contribution < -0.4 is 9.80 Å². The van der Waals surface area contributed by atoms with Gasteiger partial charge >= 0.3 is 0 Å². The summed E-state index contributed by atoms with van der Waals surface area (Å²) in [6.07, 6.45) is 5.55. The van der Waals surface area contributed by atoms with E-state index in [1.165, 1.54) is 16.8 Å². The van der Waals surface area contributed by atoms with Crippen LogP contribution in [0.15, 0.2) is 42.9 Å². The fourth-order valence-corrected chi connectivity index (χ4v) is 3.32. The molecule has 23 heavy (non-hydrogen) atoms. The Hall–Kier alpha value is -2.56. The summed E-state index contributed by atoms with van der Waals surface area (Å²) in [5.41, 5.74) is 5.18. The molecule has 1 aromatic carbocycles. The zero-order valence-corrected chi connectivity index (χ0v) is 13.6. The van der Waals surface area contributed by atoms with Gasteiger partial charge in [0.15, 0.2) is 5.82 Å². The number of anilines is 2. The van der Waals surface area contributed by atoms with Gasteiger partial charge in [0.2, 0.25) is 0 Å². The number of aromatic nitrogens is 3. The molecule has 0 unspecified atom stereocenters. The molecular formula is C18H21N5. The van der Waals surface area contributed by atoms with Crippen LogP contribution in [0.4, 0.5) is 11.5 Å². The van der Waals surface area contributed by atoms with Gasteiger partial charge in [-0.25, -0.2) is 9.50 Å². The molecule has 2 aromatic heterocycles. The number of nitrogens with zero attached hydrogens (tertiary/aromatic N) is 5. The van der Waals surface area contributed by atoms with Crippen LogP contribution in [0.5, 0.6) is 0 Å². The first-order valence-electron chi connectivity index (χ1n) is 8.08. The number of piperazine rings is 1. The van der Waals surface area contributed by atoms with Crippen molar-refractivity contribution in [1.82, 2.24) is 14.6 Å². The topological polar surface area (TPSA) is 36.7 Å². The smallest absolute Gasteiger partial charge is 0.154 e. The van der Waals surface area contributed by atoms with Crippen molar-refractivity contribution >= 4 is 17.0 Å². The standard InChI is InChI=1S/C18H21N5/c1-14-4-3-5-16(15(14)2)21-10-12-22(13-11-21)18-17-6-7-20-23(17)9-8-19-18/h3-9H,10-13H2,1-2H3. The van der Waals surface area contributed by atoms with Gasteiger partial charge in [-0.05, 0) is 37.1 Å². The van der Waals surface area contributed by atoms with Crippen LogP contribution in [0, 0.1) is 13.8 Å². The third-order valence-corrected chi connectivity index (χ3v) is 4.80. The molecule has 1 saturated heterocycles. The van der Waals surface area contributed by atoms with Crippen LogP contribution in [0.25, 0.3) is 5.52 Å². The Morgan fingerprint density at radius 2 is 1.70 bits per heavy atom. The maximum absolute atomic E-state index is 4.58. The highest BCUT2D eigenvalue weighted by atomic mass is 15.3. The van der Waals surface area contributed by atoms with Crippen molar-refractivity contribution in [1.29, 1.82) is 0 Å². The van der Waals surface area contributed by atoms with Gasteiger partial charge in [-0.1, -0.05) is 12.1 Å². The summed E-state index contributed by atoms with van der Waals surface area (Å²) in [7, 11) is 0. The van der Waals surface area contributed by atoms with E-state index in [9.17, 15) is 0 Å². The molecule has 0 saturated carbocycles. The monoisotopic (exact) mass is 307 g/mol. The highest BCUT2D eigenvalue weighted by Crippen LogP contribution is 2.26. The normalized spacial score (nSPS) is 15.4. The zero-order valence-electron chi connectivity index (χ0n) is 13.6. The van der Waals surface area contributed by atoms with Gasteiger partial charge in [0.25, 0.3) is 0 Å². The second kappa shape index (κ2) is 5.57. The van der Waals surface area contributed by atoms with Crippen molar-refractivity contribution in [2.24, 2.45) is 0 Å². The quantitative estimate of drug-likeness (QED) is 0.729. The Kier molecular flexibility index (Phi) is 3.41. The van der Waals surface area contributed by atoms with Crippen molar-refractivity contribution in [2.45, 2.75) is 13.8 Å². The Morgan fingerprint density at radius 3 is 2.52 bits per heavy atom. The fraction of sp³-hybridized carbons (Fsp3) is 0.333. The minimum absolute atomic E-state index is 0.977. The van der Waals surface area contributed by atoms with Crippen LogP contribution in [-0.4, -0.2) is 40.8 Å². The number of hydrogen-bond acceptors (Lipinski definition) is 4. The molecular weight excluding hydrogens is 286 g/mol. The van der Waals surface area contributed by atoms with Crippen molar-refractivity contribution in [3.63, 3.8) is 0 Å². The third-order valence-electron chi connectivity index (χ3n) is 4.80. The minimum Gasteiger partial charge on any atom is -0.368 e. The zero-order chi connectivity index (χ0) is 15.8. The second-order valence-electron chi connectivity index (χ2n) is 6.10. The second-order valence-corrected chi connectivity index (χ2v) is 6.10. The van der Waals surface area contributed by atoms with E-state index in [1.54, 1.807) is 0 Å². The van der Waals surface area contributed by atoms with Gasteiger partial charge in [-0.2, -0.15) is 5.10 Å². The van der Waals surface area contributed by atoms with Crippen LogP contribution in [0.1, 0.15) is 11.1 Å². The molecule has 0 amide bonds. The molecule has 0 aliphatic carbocycles. The van der Waals surface area contributed by atoms with E-state index in [1.807, 2.05) is 29.2 Å². The summed E-state index contributed by atoms with van der Waals surface area (Å²) in [4.78, 5) is 9.42. The van der Waals surface area contributed by atoms with Crippen molar-refractivity contribution in [3.05, 3.63) is 54.0 Å². The van der Waals surface area contributed by atoms with E-state index in [2.05, 4.69) is 51.9 Å². The lowest BCUT2D eigenvalue weighted by Crippen LogP contribution is -2.47. The maximum atomic E-state index is 4.58. The van der Waals surface area contributed by atoms with E-state index in [0.29, 0.717) is 0 Å². The Balaban J connectivity index is 1.55. The van der Waals surface area contributed by atoms with E-state index < -0.39 is 0 Å². The molecule has 0 N–H and O–H groups in total. The molecule has 0 atom stereocenters. The maximum Gasteiger partial charge on any atom is 0.154 e. The molecule has 0 spiro atoms. The fourth-order valence-electron chi connectivity index (χ4n) is 3.32. The highest BCUT2D eigenvalue weighted by Gasteiger charge is 2.21. The Labute approximate surface area is 136 Å². The van der Waals surface area contributed by atoms with Crippen LogP contribution in [0.2, 0.25) is 0 Å². The van der Waals surface area contributed by atoms with Gasteiger partial charge in [0, 0.05) is 44.3 Å².